The van der Waals surface area contributed by atoms with Crippen molar-refractivity contribution in [2.75, 3.05) is 13.2 Å². The van der Waals surface area contributed by atoms with Gasteiger partial charge in [0.1, 0.15) is 0 Å². The molecule has 0 spiro atoms. The average Bonchev–Trinajstić information content (AvgIpc) is 2.91. The van der Waals surface area contributed by atoms with Gasteiger partial charge in [-0.15, -0.1) is 0 Å². The lowest BCUT2D eigenvalue weighted by atomic mass is 9.97. The Morgan fingerprint density at radius 2 is 1.03 bits per heavy atom. The molecule has 0 fully saturated rings. The molecule has 0 heterocycles. The van der Waals surface area contributed by atoms with Crippen molar-refractivity contribution in [2.45, 2.75) is 115 Å². The van der Waals surface area contributed by atoms with Crippen LogP contribution in [0.3, 0.4) is 0 Å². The number of ether oxygens (including phenoxy) is 2. The van der Waals surface area contributed by atoms with Gasteiger partial charge in [-0.3, -0.25) is 0 Å². The summed E-state index contributed by atoms with van der Waals surface area (Å²) in [6.45, 7) is 29.3. The molecule has 0 radical (unpaired) electrons. The molecular formula is C31H54F4O2. The topological polar surface area (TPSA) is 18.5 Å². The number of hydrogen-bond donors (Lipinski definition) is 0. The Morgan fingerprint density at radius 3 is 1.41 bits per heavy atom. The van der Waals surface area contributed by atoms with Crippen LogP contribution in [0.1, 0.15) is 102 Å². The molecule has 0 aromatic carbocycles. The first-order chi connectivity index (χ1) is 17.2. The molecule has 0 saturated heterocycles. The second kappa shape index (κ2) is 22.3. The molecule has 0 aliphatic rings. The third-order valence-corrected chi connectivity index (χ3v) is 5.81. The molecule has 4 unspecified atom stereocenters. The van der Waals surface area contributed by atoms with Gasteiger partial charge in [-0.25, -0.2) is 17.6 Å². The van der Waals surface area contributed by atoms with Crippen molar-refractivity contribution in [1.29, 1.82) is 0 Å². The van der Waals surface area contributed by atoms with E-state index in [4.69, 9.17) is 9.47 Å². The second-order valence-electron chi connectivity index (χ2n) is 9.18. The molecule has 0 aliphatic heterocycles. The maximum Gasteiger partial charge on any atom is 0.166 e. The Kier molecular flexibility index (Phi) is 24.1. The first-order valence-corrected chi connectivity index (χ1v) is 13.6. The van der Waals surface area contributed by atoms with Gasteiger partial charge >= 0.3 is 0 Å². The average molecular weight is 535 g/mol. The van der Waals surface area contributed by atoms with Gasteiger partial charge in [0, 0.05) is 17.4 Å². The third kappa shape index (κ3) is 15.4. The van der Waals surface area contributed by atoms with Crippen molar-refractivity contribution in [3.05, 3.63) is 58.8 Å². The van der Waals surface area contributed by atoms with E-state index in [0.717, 1.165) is 19.8 Å². The highest BCUT2D eigenvalue weighted by atomic mass is 19.2. The maximum absolute atomic E-state index is 14.7. The minimum absolute atomic E-state index is 0.00324. The molecule has 0 aromatic heterocycles. The second-order valence-corrected chi connectivity index (χ2v) is 9.18. The van der Waals surface area contributed by atoms with Gasteiger partial charge in [-0.1, -0.05) is 75.0 Å². The van der Waals surface area contributed by atoms with E-state index in [-0.39, 0.29) is 42.5 Å². The van der Waals surface area contributed by atoms with E-state index in [9.17, 15) is 17.6 Å². The van der Waals surface area contributed by atoms with Crippen molar-refractivity contribution in [3.8, 4) is 0 Å². The van der Waals surface area contributed by atoms with Crippen LogP contribution in [0.15, 0.2) is 58.8 Å². The van der Waals surface area contributed by atoms with Gasteiger partial charge in [-0.05, 0) is 57.3 Å². The normalized spacial score (nSPS) is 16.3. The SMILES string of the molecule is C=C(/C(C)=C(F)/C(F)=C(\C)C(C)COC(C)CC)/C(F)=C(/F)C(=C)C(C)COC(C)CC.CC.CCC. The lowest BCUT2D eigenvalue weighted by Crippen LogP contribution is -2.15. The van der Waals surface area contributed by atoms with Crippen molar-refractivity contribution in [1.82, 2.24) is 0 Å². The first-order valence-electron chi connectivity index (χ1n) is 13.6. The molecule has 4 atom stereocenters. The van der Waals surface area contributed by atoms with Crippen LogP contribution < -0.4 is 0 Å². The summed E-state index contributed by atoms with van der Waals surface area (Å²) in [5, 5.41) is 0. The Bertz CT molecular complexity index is 765. The minimum atomic E-state index is -1.36. The molecule has 6 heteroatoms. The number of allylic oxidation sites excluding steroid dienone is 6. The Hall–Kier alpha value is -1.66. The zero-order chi connectivity index (χ0) is 29.9. The molecule has 37 heavy (non-hydrogen) atoms. The van der Waals surface area contributed by atoms with Crippen LogP contribution in [0.4, 0.5) is 17.6 Å². The predicted octanol–water partition coefficient (Wildman–Crippen LogP) is 11.1. The smallest absolute Gasteiger partial charge is 0.166 e. The van der Waals surface area contributed by atoms with Crippen molar-refractivity contribution >= 4 is 0 Å². The van der Waals surface area contributed by atoms with E-state index >= 15 is 0 Å². The quantitative estimate of drug-likeness (QED) is 0.163. The van der Waals surface area contributed by atoms with Crippen LogP contribution in [0.2, 0.25) is 0 Å². The standard InChI is InChI=1S/C26H40F4O2.C3H8.C2H6/c1-11-17(5)31-13-15(3)19(7)23(27)25(29)21(9)22(10)26(30)24(28)20(8)16(4)14-32-18(6)12-2;1-3-2;1-2/h15-18H,7,9,11-14H2,1-6,8,10H3;3H2,1-2H3;1-2H3/b24-20-,25-23-,26-22-;;. The Labute approximate surface area is 225 Å². The van der Waals surface area contributed by atoms with E-state index in [1.165, 1.54) is 13.3 Å². The summed E-state index contributed by atoms with van der Waals surface area (Å²) in [5.74, 6) is -5.88. The summed E-state index contributed by atoms with van der Waals surface area (Å²) < 4.78 is 69.9. The first kappa shape index (κ1) is 39.8. The van der Waals surface area contributed by atoms with Crippen LogP contribution in [-0.4, -0.2) is 25.4 Å². The van der Waals surface area contributed by atoms with Crippen LogP contribution in [0, 0.1) is 11.8 Å². The molecule has 218 valence electrons. The number of halogens is 4. The van der Waals surface area contributed by atoms with Crippen LogP contribution in [-0.2, 0) is 9.47 Å². The Balaban J connectivity index is -0.00000214. The third-order valence-electron chi connectivity index (χ3n) is 5.81. The lowest BCUT2D eigenvalue weighted by molar-refractivity contribution is 0.0481. The molecule has 0 saturated carbocycles. The predicted molar refractivity (Wildman–Crippen MR) is 152 cm³/mol. The maximum atomic E-state index is 14.7. The fraction of sp³-hybridized carbons (Fsp3) is 0.677. The molecule has 2 nitrogen and oxygen atoms in total. The van der Waals surface area contributed by atoms with Crippen molar-refractivity contribution in [2.24, 2.45) is 11.8 Å². The summed E-state index contributed by atoms with van der Waals surface area (Å²) in [7, 11) is 0. The van der Waals surface area contributed by atoms with Crippen LogP contribution in [0.25, 0.3) is 0 Å². The Morgan fingerprint density at radius 1 is 0.649 bits per heavy atom. The fourth-order valence-electron chi connectivity index (χ4n) is 2.42. The van der Waals surface area contributed by atoms with E-state index in [1.54, 1.807) is 13.8 Å². The lowest BCUT2D eigenvalue weighted by Gasteiger charge is -2.18. The molecule has 0 amide bonds. The molecular weight excluding hydrogens is 480 g/mol. The monoisotopic (exact) mass is 534 g/mol. The highest BCUT2D eigenvalue weighted by molar-refractivity contribution is 5.49. The molecule has 0 N–H and O–H groups in total. The van der Waals surface area contributed by atoms with E-state index in [2.05, 4.69) is 27.0 Å². The van der Waals surface area contributed by atoms with Gasteiger partial charge in [0.2, 0.25) is 0 Å². The van der Waals surface area contributed by atoms with Crippen molar-refractivity contribution < 1.29 is 27.0 Å². The highest BCUT2D eigenvalue weighted by Crippen LogP contribution is 2.34. The van der Waals surface area contributed by atoms with Crippen molar-refractivity contribution in [3.63, 3.8) is 0 Å². The van der Waals surface area contributed by atoms with Crippen LogP contribution in [0.5, 0.6) is 0 Å². The summed E-state index contributed by atoms with van der Waals surface area (Å²) >= 11 is 0. The molecule has 0 bridgehead atoms. The summed E-state index contributed by atoms with van der Waals surface area (Å²) in [6.07, 6.45) is 2.82. The van der Waals surface area contributed by atoms with Gasteiger partial charge in [0.25, 0.3) is 0 Å². The van der Waals surface area contributed by atoms with E-state index < -0.39 is 40.4 Å². The summed E-state index contributed by atoms with van der Waals surface area (Å²) in [5.41, 5.74) is -0.977. The van der Waals surface area contributed by atoms with Gasteiger partial charge in [0.05, 0.1) is 25.4 Å². The minimum Gasteiger partial charge on any atom is -0.378 e. The van der Waals surface area contributed by atoms with Gasteiger partial charge < -0.3 is 9.47 Å². The fourth-order valence-corrected chi connectivity index (χ4v) is 2.42. The van der Waals surface area contributed by atoms with Gasteiger partial charge in [0.15, 0.2) is 23.3 Å². The zero-order valence-corrected chi connectivity index (χ0v) is 25.6. The van der Waals surface area contributed by atoms with Crippen LogP contribution >= 0.6 is 0 Å². The molecule has 0 aliphatic carbocycles. The van der Waals surface area contributed by atoms with Gasteiger partial charge in [-0.2, -0.15) is 0 Å². The number of rotatable bonds is 14. The molecule has 0 rings (SSSR count). The molecule has 0 aromatic rings. The number of hydrogen-bond acceptors (Lipinski definition) is 2. The highest BCUT2D eigenvalue weighted by Gasteiger charge is 2.23. The zero-order valence-electron chi connectivity index (χ0n) is 25.6. The van der Waals surface area contributed by atoms with E-state index in [1.807, 2.05) is 41.5 Å². The summed E-state index contributed by atoms with van der Waals surface area (Å²) in [4.78, 5) is 0. The van der Waals surface area contributed by atoms with E-state index in [0.29, 0.717) is 0 Å². The summed E-state index contributed by atoms with van der Waals surface area (Å²) in [6, 6.07) is 0. The largest absolute Gasteiger partial charge is 0.378 e.